The van der Waals surface area contributed by atoms with Crippen LogP contribution in [0.2, 0.25) is 0 Å². The van der Waals surface area contributed by atoms with Crippen molar-refractivity contribution in [2.75, 3.05) is 18.5 Å². The van der Waals surface area contributed by atoms with E-state index in [1.165, 1.54) is 11.6 Å². The highest BCUT2D eigenvalue weighted by Crippen LogP contribution is 2.29. The van der Waals surface area contributed by atoms with E-state index >= 15 is 0 Å². The molecule has 0 atom stereocenters. The highest BCUT2D eigenvalue weighted by molar-refractivity contribution is 5.92. The van der Waals surface area contributed by atoms with Gasteiger partial charge in [0.1, 0.15) is 6.61 Å². The quantitative estimate of drug-likeness (QED) is 0.474. The average molecular weight is 352 g/mol. The number of rotatable bonds is 6. The summed E-state index contributed by atoms with van der Waals surface area (Å²) in [6.07, 6.45) is -2.76. The van der Waals surface area contributed by atoms with Crippen LogP contribution in [0.25, 0.3) is 0 Å². The first kappa shape index (κ1) is 18.6. The maximum atomic E-state index is 12.4. The highest BCUT2D eigenvalue weighted by atomic mass is 19.4. The Morgan fingerprint density at radius 3 is 2.72 bits per heavy atom. The molecule has 0 fully saturated rings. The zero-order chi connectivity index (χ0) is 18.3. The Bertz CT molecular complexity index is 715. The molecule has 0 aliphatic carbocycles. The molecule has 2 aromatic rings. The van der Waals surface area contributed by atoms with Crippen molar-refractivity contribution in [3.8, 4) is 5.88 Å². The van der Waals surface area contributed by atoms with Gasteiger partial charge in [-0.05, 0) is 30.2 Å². The molecule has 0 spiro atoms. The van der Waals surface area contributed by atoms with Gasteiger partial charge >= 0.3 is 6.18 Å². The standard InChI is InChI=1S/C17H19F3N4O/c1-2-12-4-3-5-14(10-12)24-16(21)22-8-9-25-15-7-6-13(11-23-15)17(18,19)20/h3-7,10-11H,2,8-9H2,1H3,(H3,21,22,24). The van der Waals surface area contributed by atoms with Crippen LogP contribution >= 0.6 is 0 Å². The van der Waals surface area contributed by atoms with Gasteiger partial charge in [0, 0.05) is 18.0 Å². The number of nitrogens with zero attached hydrogens (tertiary/aromatic N) is 2. The first-order valence-electron chi connectivity index (χ1n) is 7.70. The molecule has 0 radical (unpaired) electrons. The summed E-state index contributed by atoms with van der Waals surface area (Å²) in [6.45, 7) is 2.45. The van der Waals surface area contributed by atoms with Crippen molar-refractivity contribution in [1.29, 1.82) is 0 Å². The fraction of sp³-hybridized carbons (Fsp3) is 0.294. The third-order valence-electron chi connectivity index (χ3n) is 3.29. The van der Waals surface area contributed by atoms with Gasteiger partial charge in [-0.2, -0.15) is 13.2 Å². The number of benzene rings is 1. The molecule has 2 rings (SSSR count). The largest absolute Gasteiger partial charge is 0.476 e. The number of alkyl halides is 3. The molecule has 0 unspecified atom stereocenters. The zero-order valence-electron chi connectivity index (χ0n) is 13.7. The number of aliphatic imine (C=N–C) groups is 1. The van der Waals surface area contributed by atoms with E-state index in [-0.39, 0.29) is 25.0 Å². The summed E-state index contributed by atoms with van der Waals surface area (Å²) in [5.74, 6) is 0.336. The lowest BCUT2D eigenvalue weighted by Crippen LogP contribution is -2.23. The molecule has 1 heterocycles. The molecule has 0 aliphatic heterocycles. The van der Waals surface area contributed by atoms with E-state index < -0.39 is 11.7 Å². The van der Waals surface area contributed by atoms with E-state index in [1.807, 2.05) is 24.3 Å². The first-order chi connectivity index (χ1) is 11.9. The third-order valence-corrected chi connectivity index (χ3v) is 3.29. The summed E-state index contributed by atoms with van der Waals surface area (Å²) in [6, 6.07) is 9.89. The molecule has 8 heteroatoms. The van der Waals surface area contributed by atoms with Gasteiger partial charge in [-0.15, -0.1) is 0 Å². The van der Waals surface area contributed by atoms with Gasteiger partial charge in [0.25, 0.3) is 0 Å². The third kappa shape index (κ3) is 5.98. The Hall–Kier alpha value is -2.77. The maximum absolute atomic E-state index is 12.4. The number of pyridine rings is 1. The Morgan fingerprint density at radius 1 is 1.28 bits per heavy atom. The summed E-state index contributed by atoms with van der Waals surface area (Å²) >= 11 is 0. The molecule has 0 saturated carbocycles. The van der Waals surface area contributed by atoms with Gasteiger partial charge in [-0.25, -0.2) is 9.98 Å². The number of anilines is 1. The second-order valence-corrected chi connectivity index (χ2v) is 5.18. The van der Waals surface area contributed by atoms with E-state index in [9.17, 15) is 13.2 Å². The smallest absolute Gasteiger partial charge is 0.417 e. The van der Waals surface area contributed by atoms with Crippen molar-refractivity contribution >= 4 is 11.6 Å². The minimum absolute atomic E-state index is 0.102. The van der Waals surface area contributed by atoms with E-state index in [1.54, 1.807) is 0 Å². The Labute approximate surface area is 143 Å². The molecule has 5 nitrogen and oxygen atoms in total. The fourth-order valence-corrected chi connectivity index (χ4v) is 2.01. The summed E-state index contributed by atoms with van der Waals surface area (Å²) < 4.78 is 42.5. The first-order valence-corrected chi connectivity index (χ1v) is 7.70. The molecular formula is C17H19F3N4O. The number of ether oxygens (including phenoxy) is 1. The maximum Gasteiger partial charge on any atom is 0.417 e. The molecular weight excluding hydrogens is 333 g/mol. The average Bonchev–Trinajstić information content (AvgIpc) is 2.58. The Kier molecular flexibility index (Phi) is 6.21. The van der Waals surface area contributed by atoms with Crippen LogP contribution in [-0.4, -0.2) is 24.1 Å². The van der Waals surface area contributed by atoms with Crippen LogP contribution in [0.5, 0.6) is 5.88 Å². The summed E-state index contributed by atoms with van der Waals surface area (Å²) in [4.78, 5) is 7.71. The number of nitrogens with one attached hydrogen (secondary N) is 1. The normalized spacial score (nSPS) is 12.1. The zero-order valence-corrected chi connectivity index (χ0v) is 13.7. The Balaban J connectivity index is 1.80. The minimum atomic E-state index is -4.41. The number of aromatic nitrogens is 1. The Morgan fingerprint density at radius 2 is 2.08 bits per heavy atom. The lowest BCUT2D eigenvalue weighted by atomic mass is 10.1. The van der Waals surface area contributed by atoms with Crippen LogP contribution < -0.4 is 15.8 Å². The minimum Gasteiger partial charge on any atom is -0.476 e. The van der Waals surface area contributed by atoms with Gasteiger partial charge in [0.2, 0.25) is 5.88 Å². The predicted molar refractivity (Wildman–Crippen MR) is 90.7 cm³/mol. The number of aryl methyl sites for hydroxylation is 1. The molecule has 0 saturated heterocycles. The number of nitrogens with two attached hydrogens (primary N) is 1. The molecule has 0 aliphatic rings. The van der Waals surface area contributed by atoms with E-state index in [0.29, 0.717) is 0 Å². The molecule has 3 N–H and O–H groups in total. The van der Waals surface area contributed by atoms with Crippen LogP contribution in [0.15, 0.2) is 47.6 Å². The summed E-state index contributed by atoms with van der Waals surface area (Å²) in [5.41, 5.74) is 6.98. The van der Waals surface area contributed by atoms with Gasteiger partial charge in [0.15, 0.2) is 5.96 Å². The van der Waals surface area contributed by atoms with Crippen molar-refractivity contribution in [2.24, 2.45) is 10.7 Å². The number of guanidine groups is 1. The molecule has 134 valence electrons. The van der Waals surface area contributed by atoms with Crippen LogP contribution in [0.4, 0.5) is 18.9 Å². The van der Waals surface area contributed by atoms with Crippen LogP contribution in [-0.2, 0) is 12.6 Å². The second kappa shape index (κ2) is 8.36. The number of halogens is 3. The van der Waals surface area contributed by atoms with E-state index in [4.69, 9.17) is 10.5 Å². The van der Waals surface area contributed by atoms with Crippen molar-refractivity contribution in [2.45, 2.75) is 19.5 Å². The molecule has 25 heavy (non-hydrogen) atoms. The van der Waals surface area contributed by atoms with Crippen molar-refractivity contribution in [1.82, 2.24) is 4.98 Å². The molecule has 0 bridgehead atoms. The molecule has 0 amide bonds. The van der Waals surface area contributed by atoms with Gasteiger partial charge in [-0.1, -0.05) is 19.1 Å². The lowest BCUT2D eigenvalue weighted by molar-refractivity contribution is -0.137. The molecule has 1 aromatic carbocycles. The van der Waals surface area contributed by atoms with Crippen molar-refractivity contribution in [3.05, 3.63) is 53.7 Å². The SMILES string of the molecule is CCc1cccc(NC(N)=NCCOc2ccc(C(F)(F)F)cn2)c1. The second-order valence-electron chi connectivity index (χ2n) is 5.18. The van der Waals surface area contributed by atoms with Gasteiger partial charge < -0.3 is 15.8 Å². The van der Waals surface area contributed by atoms with Crippen LogP contribution in [0, 0.1) is 0 Å². The summed E-state index contributed by atoms with van der Waals surface area (Å²) in [5, 5.41) is 2.97. The predicted octanol–water partition coefficient (Wildman–Crippen LogP) is 3.47. The fourth-order valence-electron chi connectivity index (χ4n) is 2.01. The van der Waals surface area contributed by atoms with E-state index in [2.05, 4.69) is 22.2 Å². The molecule has 1 aromatic heterocycles. The van der Waals surface area contributed by atoms with Crippen LogP contribution in [0.3, 0.4) is 0 Å². The lowest BCUT2D eigenvalue weighted by Gasteiger charge is -2.08. The van der Waals surface area contributed by atoms with Gasteiger partial charge in [0.05, 0.1) is 12.1 Å². The number of hydrogen-bond acceptors (Lipinski definition) is 3. The van der Waals surface area contributed by atoms with Crippen molar-refractivity contribution < 1.29 is 17.9 Å². The number of hydrogen-bond donors (Lipinski definition) is 2. The highest BCUT2D eigenvalue weighted by Gasteiger charge is 2.30. The van der Waals surface area contributed by atoms with Crippen molar-refractivity contribution in [3.63, 3.8) is 0 Å². The van der Waals surface area contributed by atoms with Gasteiger partial charge in [-0.3, -0.25) is 0 Å². The van der Waals surface area contributed by atoms with E-state index in [0.717, 1.165) is 24.4 Å². The van der Waals surface area contributed by atoms with Crippen LogP contribution in [0.1, 0.15) is 18.1 Å². The summed E-state index contributed by atoms with van der Waals surface area (Å²) in [7, 11) is 0. The topological polar surface area (TPSA) is 72.5 Å². The monoisotopic (exact) mass is 352 g/mol.